The molecular formula is C25H30N2O5S. The van der Waals surface area contributed by atoms with E-state index in [0.29, 0.717) is 18.8 Å². The lowest BCUT2D eigenvalue weighted by atomic mass is 10.2. The monoisotopic (exact) mass is 470 g/mol. The summed E-state index contributed by atoms with van der Waals surface area (Å²) in [6, 6.07) is 16.1. The summed E-state index contributed by atoms with van der Waals surface area (Å²) in [6.45, 7) is 4.47. The van der Waals surface area contributed by atoms with Gasteiger partial charge in [-0.2, -0.15) is 4.31 Å². The Balaban J connectivity index is 1.64. The highest BCUT2D eigenvalue weighted by atomic mass is 32.2. The molecule has 0 amide bonds. The van der Waals surface area contributed by atoms with E-state index in [2.05, 4.69) is 23.3 Å². The third kappa shape index (κ3) is 4.84. The van der Waals surface area contributed by atoms with Crippen molar-refractivity contribution in [2.45, 2.75) is 24.3 Å². The Morgan fingerprint density at radius 2 is 1.88 bits per heavy atom. The second-order valence-corrected chi connectivity index (χ2v) is 10.4. The van der Waals surface area contributed by atoms with Crippen molar-refractivity contribution in [3.63, 3.8) is 0 Å². The Morgan fingerprint density at radius 1 is 1.24 bits per heavy atom. The fourth-order valence-corrected chi connectivity index (χ4v) is 6.18. The number of para-hydroxylation sites is 2. The maximum atomic E-state index is 13.4. The number of aliphatic hydroxyl groups is 1. The predicted octanol–water partition coefficient (Wildman–Crippen LogP) is 3.29. The van der Waals surface area contributed by atoms with Gasteiger partial charge in [0.1, 0.15) is 11.0 Å². The van der Waals surface area contributed by atoms with Gasteiger partial charge < -0.3 is 19.1 Å². The summed E-state index contributed by atoms with van der Waals surface area (Å²) in [5, 5.41) is 12.7. The van der Waals surface area contributed by atoms with Gasteiger partial charge in [0.15, 0.2) is 0 Å². The number of sulfonamides is 1. The summed E-state index contributed by atoms with van der Waals surface area (Å²) >= 11 is 0. The van der Waals surface area contributed by atoms with Crippen LogP contribution in [0.3, 0.4) is 0 Å². The number of rotatable bonds is 10. The number of hydrogen-bond acceptors (Lipinski definition) is 5. The highest BCUT2D eigenvalue weighted by Crippen LogP contribution is 2.29. The molecule has 7 nitrogen and oxygen atoms in total. The van der Waals surface area contributed by atoms with Crippen LogP contribution in [0.1, 0.15) is 6.42 Å². The Kier molecular flexibility index (Phi) is 7.19. The lowest BCUT2D eigenvalue weighted by Crippen LogP contribution is -2.45. The van der Waals surface area contributed by atoms with Crippen molar-refractivity contribution in [1.82, 2.24) is 8.87 Å². The van der Waals surface area contributed by atoms with E-state index in [1.54, 1.807) is 12.2 Å². The summed E-state index contributed by atoms with van der Waals surface area (Å²) in [5.41, 5.74) is 2.00. The molecule has 1 N–H and O–H groups in total. The van der Waals surface area contributed by atoms with Crippen molar-refractivity contribution in [1.29, 1.82) is 0 Å². The Bertz CT molecular complexity index is 1210. The van der Waals surface area contributed by atoms with E-state index in [4.69, 9.17) is 9.47 Å². The molecule has 33 heavy (non-hydrogen) atoms. The Hall–Kier alpha value is -2.65. The highest BCUT2D eigenvalue weighted by molar-refractivity contribution is 7.89. The minimum Gasteiger partial charge on any atom is -0.500 e. The van der Waals surface area contributed by atoms with Crippen molar-refractivity contribution >= 4 is 31.8 Å². The summed E-state index contributed by atoms with van der Waals surface area (Å²) in [7, 11) is -2.21. The van der Waals surface area contributed by atoms with Gasteiger partial charge in [0.05, 0.1) is 32.9 Å². The molecule has 2 heterocycles. The van der Waals surface area contributed by atoms with Crippen molar-refractivity contribution in [2.24, 2.45) is 0 Å². The molecule has 1 aromatic heterocycles. The minimum atomic E-state index is -3.70. The number of methoxy groups -OCH3 is 1. The van der Waals surface area contributed by atoms with Crippen LogP contribution in [0.4, 0.5) is 0 Å². The van der Waals surface area contributed by atoms with Crippen LogP contribution in [0.2, 0.25) is 0 Å². The number of nitrogens with zero attached hydrogens (tertiary/aromatic N) is 2. The standard InChI is InChI=1S/C25H30N2O5S/c1-3-8-20(31-2)17-26(33(29,30)21-13-14-32-18-21)15-19(28)16-27-24-11-6-4-9-22(24)23-10-5-7-12-25(23)27/h3-12,19,21,28H,1,13-18H2,2H3/b20-8-. The second-order valence-electron chi connectivity index (χ2n) is 8.19. The van der Waals surface area contributed by atoms with Crippen molar-refractivity contribution < 1.29 is 23.0 Å². The van der Waals surface area contributed by atoms with Crippen molar-refractivity contribution in [3.05, 3.63) is 73.0 Å². The number of allylic oxidation sites excluding steroid dienone is 2. The minimum absolute atomic E-state index is 0.0194. The SMILES string of the molecule is C=C/C=C(/CN(CC(O)Cn1c2ccccc2c2ccccc21)S(=O)(=O)C1CCOC1)OC. The Morgan fingerprint density at radius 3 is 2.42 bits per heavy atom. The average molecular weight is 471 g/mol. The van der Waals surface area contributed by atoms with Gasteiger partial charge in [0.25, 0.3) is 0 Å². The normalized spacial score (nSPS) is 18.3. The lowest BCUT2D eigenvalue weighted by molar-refractivity contribution is 0.126. The largest absolute Gasteiger partial charge is 0.500 e. The first-order chi connectivity index (χ1) is 16.0. The maximum Gasteiger partial charge on any atom is 0.219 e. The molecule has 1 saturated heterocycles. The molecule has 2 aromatic carbocycles. The zero-order valence-electron chi connectivity index (χ0n) is 18.8. The summed E-state index contributed by atoms with van der Waals surface area (Å²) in [4.78, 5) is 0. The zero-order valence-corrected chi connectivity index (χ0v) is 19.6. The fourth-order valence-electron chi connectivity index (χ4n) is 4.41. The van der Waals surface area contributed by atoms with Gasteiger partial charge in [-0.15, -0.1) is 0 Å². The van der Waals surface area contributed by atoms with Crippen LogP contribution in [-0.2, 0) is 26.0 Å². The van der Waals surface area contributed by atoms with Crippen LogP contribution < -0.4 is 0 Å². The number of fused-ring (bicyclic) bond motifs is 3. The van der Waals surface area contributed by atoms with Gasteiger partial charge in [0, 0.05) is 35.0 Å². The van der Waals surface area contributed by atoms with E-state index in [-0.39, 0.29) is 26.2 Å². The van der Waals surface area contributed by atoms with Crippen LogP contribution in [0, 0.1) is 0 Å². The van der Waals surface area contributed by atoms with E-state index in [1.807, 2.05) is 36.4 Å². The molecule has 0 spiro atoms. The zero-order chi connectivity index (χ0) is 23.4. The predicted molar refractivity (Wildman–Crippen MR) is 130 cm³/mol. The molecule has 3 aromatic rings. The summed E-state index contributed by atoms with van der Waals surface area (Å²) in [6.07, 6.45) is 2.70. The first-order valence-electron chi connectivity index (χ1n) is 11.0. The molecule has 1 aliphatic heterocycles. The molecule has 1 fully saturated rings. The molecule has 0 saturated carbocycles. The topological polar surface area (TPSA) is 81.0 Å². The van der Waals surface area contributed by atoms with E-state index < -0.39 is 21.4 Å². The molecule has 0 aliphatic carbocycles. The van der Waals surface area contributed by atoms with Crippen LogP contribution >= 0.6 is 0 Å². The van der Waals surface area contributed by atoms with E-state index in [1.165, 1.54) is 11.4 Å². The number of aliphatic hydroxyl groups excluding tert-OH is 1. The molecule has 4 rings (SSSR count). The number of ether oxygens (including phenoxy) is 2. The molecule has 1 aliphatic rings. The van der Waals surface area contributed by atoms with Crippen LogP contribution in [0.25, 0.3) is 21.8 Å². The van der Waals surface area contributed by atoms with Gasteiger partial charge in [-0.05, 0) is 24.6 Å². The summed E-state index contributed by atoms with van der Waals surface area (Å²) in [5.74, 6) is 0.455. The number of hydrogen-bond donors (Lipinski definition) is 1. The first-order valence-corrected chi connectivity index (χ1v) is 12.5. The molecule has 0 bridgehead atoms. The molecule has 176 valence electrons. The quantitative estimate of drug-likeness (QED) is 0.363. The van der Waals surface area contributed by atoms with Gasteiger partial charge >= 0.3 is 0 Å². The highest BCUT2D eigenvalue weighted by Gasteiger charge is 2.36. The lowest BCUT2D eigenvalue weighted by Gasteiger charge is -2.28. The summed E-state index contributed by atoms with van der Waals surface area (Å²) < 4.78 is 40.8. The number of aromatic nitrogens is 1. The van der Waals surface area contributed by atoms with Gasteiger partial charge in [-0.1, -0.05) is 49.1 Å². The van der Waals surface area contributed by atoms with E-state index >= 15 is 0 Å². The Labute approximate surface area is 194 Å². The smallest absolute Gasteiger partial charge is 0.219 e. The molecule has 2 atom stereocenters. The second kappa shape index (κ2) is 10.1. The maximum absolute atomic E-state index is 13.4. The van der Waals surface area contributed by atoms with E-state index in [0.717, 1.165) is 21.8 Å². The van der Waals surface area contributed by atoms with Crippen LogP contribution in [0.15, 0.2) is 73.0 Å². The van der Waals surface area contributed by atoms with Crippen molar-refractivity contribution in [2.75, 3.05) is 33.4 Å². The van der Waals surface area contributed by atoms with Gasteiger partial charge in [0.2, 0.25) is 10.0 Å². The molecule has 0 radical (unpaired) electrons. The van der Waals surface area contributed by atoms with E-state index in [9.17, 15) is 13.5 Å². The molecule has 8 heteroatoms. The van der Waals surface area contributed by atoms with Crippen LogP contribution in [-0.4, -0.2) is 67.2 Å². The number of benzene rings is 2. The first kappa shape index (κ1) is 23.5. The van der Waals surface area contributed by atoms with Gasteiger partial charge in [-0.25, -0.2) is 8.42 Å². The third-order valence-electron chi connectivity index (χ3n) is 6.05. The van der Waals surface area contributed by atoms with Gasteiger partial charge in [-0.3, -0.25) is 0 Å². The fraction of sp³-hybridized carbons (Fsp3) is 0.360. The molecule has 2 unspecified atom stereocenters. The van der Waals surface area contributed by atoms with Crippen LogP contribution in [0.5, 0.6) is 0 Å². The molecular weight excluding hydrogens is 440 g/mol. The average Bonchev–Trinajstić information content (AvgIpc) is 3.47. The third-order valence-corrected chi connectivity index (χ3v) is 8.27. The van der Waals surface area contributed by atoms with Crippen molar-refractivity contribution in [3.8, 4) is 0 Å².